The Hall–Kier alpha value is -2.24. The van der Waals surface area contributed by atoms with Crippen LogP contribution in [-0.4, -0.2) is 29.7 Å². The Bertz CT molecular complexity index is 837. The highest BCUT2D eigenvalue weighted by molar-refractivity contribution is 7.99. The molecule has 154 valence electrons. The van der Waals surface area contributed by atoms with E-state index in [9.17, 15) is 4.79 Å². The van der Waals surface area contributed by atoms with E-state index in [0.29, 0.717) is 5.56 Å². The number of nitrogens with one attached hydrogen (secondary N) is 1. The summed E-state index contributed by atoms with van der Waals surface area (Å²) in [7, 11) is 0. The number of hydrogen-bond donors (Lipinski definition) is 1. The fourth-order valence-electron chi connectivity index (χ4n) is 3.61. The van der Waals surface area contributed by atoms with Gasteiger partial charge in [0.05, 0.1) is 11.7 Å². The largest absolute Gasteiger partial charge is 0.455 e. The third kappa shape index (κ3) is 5.43. The number of allylic oxidation sites excluding steroid dienone is 1. The lowest BCUT2D eigenvalue weighted by molar-refractivity contribution is 0.0141. The molecule has 0 bridgehead atoms. The standard InChI is InChI=1S/C24H29NO3S/c1-15(2)25-18(5)21-17(4)22(27-23(26)19-9-7-6-8-10-19)24(28-21)29-20-13-11-16(3)12-14-20/h6-14,17-18,21-22,24-25H,1H2,2-5H3/t17-,18-,21-,22?,24-/m0/s1. The molecule has 5 heteroatoms. The molecule has 4 nitrogen and oxygen atoms in total. The summed E-state index contributed by atoms with van der Waals surface area (Å²) >= 11 is 1.60. The maximum Gasteiger partial charge on any atom is 0.338 e. The molecular formula is C24H29NO3S. The van der Waals surface area contributed by atoms with Crippen molar-refractivity contribution in [2.45, 2.75) is 56.3 Å². The van der Waals surface area contributed by atoms with Gasteiger partial charge >= 0.3 is 5.97 Å². The lowest BCUT2D eigenvalue weighted by Crippen LogP contribution is -2.40. The van der Waals surface area contributed by atoms with Crippen LogP contribution in [0.4, 0.5) is 0 Å². The summed E-state index contributed by atoms with van der Waals surface area (Å²) in [5, 5.41) is 3.34. The van der Waals surface area contributed by atoms with Crippen molar-refractivity contribution in [1.29, 1.82) is 0 Å². The first-order valence-corrected chi connectivity index (χ1v) is 10.8. The van der Waals surface area contributed by atoms with E-state index in [0.717, 1.165) is 10.6 Å². The van der Waals surface area contributed by atoms with Gasteiger partial charge in [0.1, 0.15) is 11.5 Å². The van der Waals surface area contributed by atoms with Crippen LogP contribution in [0.1, 0.15) is 36.7 Å². The zero-order valence-electron chi connectivity index (χ0n) is 17.4. The van der Waals surface area contributed by atoms with Crippen molar-refractivity contribution in [2.75, 3.05) is 0 Å². The molecule has 2 aromatic rings. The molecule has 1 aliphatic heterocycles. The maximum atomic E-state index is 12.7. The van der Waals surface area contributed by atoms with Gasteiger partial charge in [0, 0.05) is 22.6 Å². The zero-order valence-corrected chi connectivity index (χ0v) is 18.2. The van der Waals surface area contributed by atoms with Crippen LogP contribution in [0, 0.1) is 12.8 Å². The Labute approximate surface area is 177 Å². The zero-order chi connectivity index (χ0) is 21.0. The van der Waals surface area contributed by atoms with Gasteiger partial charge in [-0.05, 0) is 45.0 Å². The second kappa shape index (κ2) is 9.51. The third-order valence-corrected chi connectivity index (χ3v) is 6.24. The molecule has 5 atom stereocenters. The van der Waals surface area contributed by atoms with Gasteiger partial charge in [0.25, 0.3) is 0 Å². The Balaban J connectivity index is 1.80. The topological polar surface area (TPSA) is 47.6 Å². The molecule has 1 aliphatic rings. The molecule has 1 fully saturated rings. The molecule has 0 aromatic heterocycles. The number of esters is 1. The van der Waals surface area contributed by atoms with E-state index in [4.69, 9.17) is 9.47 Å². The molecule has 2 aromatic carbocycles. The van der Waals surface area contributed by atoms with Crippen molar-refractivity contribution in [3.8, 4) is 0 Å². The lowest BCUT2D eigenvalue weighted by Gasteiger charge is -2.25. The summed E-state index contributed by atoms with van der Waals surface area (Å²) in [6.45, 7) is 12.1. The fourth-order valence-corrected chi connectivity index (χ4v) is 4.79. The van der Waals surface area contributed by atoms with Crippen molar-refractivity contribution < 1.29 is 14.3 Å². The van der Waals surface area contributed by atoms with E-state index in [1.807, 2.05) is 25.1 Å². The first-order valence-electron chi connectivity index (χ1n) is 9.92. The van der Waals surface area contributed by atoms with Gasteiger partial charge in [0.15, 0.2) is 0 Å². The van der Waals surface area contributed by atoms with Crippen LogP contribution < -0.4 is 5.32 Å². The van der Waals surface area contributed by atoms with Crippen molar-refractivity contribution >= 4 is 17.7 Å². The minimum absolute atomic E-state index is 0.0347. The summed E-state index contributed by atoms with van der Waals surface area (Å²) in [6.07, 6.45) is -0.448. The summed E-state index contributed by atoms with van der Waals surface area (Å²) < 4.78 is 12.4. The van der Waals surface area contributed by atoms with E-state index in [2.05, 4.69) is 56.9 Å². The molecule has 1 heterocycles. The second-order valence-electron chi connectivity index (χ2n) is 7.71. The predicted octanol–water partition coefficient (Wildman–Crippen LogP) is 5.19. The molecule has 1 saturated heterocycles. The molecule has 0 amide bonds. The van der Waals surface area contributed by atoms with Gasteiger partial charge in [-0.25, -0.2) is 4.79 Å². The first-order chi connectivity index (χ1) is 13.8. The van der Waals surface area contributed by atoms with E-state index < -0.39 is 0 Å². The van der Waals surface area contributed by atoms with Crippen molar-refractivity contribution in [3.05, 3.63) is 78.0 Å². The number of carbonyl (C=O) groups is 1. The van der Waals surface area contributed by atoms with Crippen molar-refractivity contribution in [3.63, 3.8) is 0 Å². The average molecular weight is 412 g/mol. The number of aryl methyl sites for hydroxylation is 1. The smallest absolute Gasteiger partial charge is 0.338 e. The van der Waals surface area contributed by atoms with Crippen LogP contribution in [0.25, 0.3) is 0 Å². The van der Waals surface area contributed by atoms with Crippen LogP contribution in [0.3, 0.4) is 0 Å². The molecule has 0 radical (unpaired) electrons. The molecule has 1 unspecified atom stereocenters. The Morgan fingerprint density at radius 1 is 1.17 bits per heavy atom. The van der Waals surface area contributed by atoms with E-state index in [1.165, 1.54) is 5.56 Å². The number of carbonyl (C=O) groups excluding carboxylic acids is 1. The van der Waals surface area contributed by atoms with Gasteiger partial charge < -0.3 is 14.8 Å². The van der Waals surface area contributed by atoms with Gasteiger partial charge in [-0.2, -0.15) is 0 Å². The van der Waals surface area contributed by atoms with Gasteiger partial charge in [-0.3, -0.25) is 0 Å². The van der Waals surface area contributed by atoms with E-state index in [1.54, 1.807) is 23.9 Å². The monoisotopic (exact) mass is 411 g/mol. The Kier molecular flexibility index (Phi) is 7.04. The van der Waals surface area contributed by atoms with Crippen LogP contribution in [-0.2, 0) is 9.47 Å². The Morgan fingerprint density at radius 2 is 1.83 bits per heavy atom. The molecular weight excluding hydrogens is 382 g/mol. The van der Waals surface area contributed by atoms with Gasteiger partial charge in [0.2, 0.25) is 0 Å². The fraction of sp³-hybridized carbons (Fsp3) is 0.375. The molecule has 0 spiro atoms. The van der Waals surface area contributed by atoms with Crippen LogP contribution in [0.5, 0.6) is 0 Å². The number of thioether (sulfide) groups is 1. The van der Waals surface area contributed by atoms with Crippen LogP contribution in [0.2, 0.25) is 0 Å². The van der Waals surface area contributed by atoms with E-state index >= 15 is 0 Å². The number of ether oxygens (including phenoxy) is 2. The summed E-state index contributed by atoms with van der Waals surface area (Å²) in [5.41, 5.74) is 2.37. The molecule has 0 saturated carbocycles. The summed E-state index contributed by atoms with van der Waals surface area (Å²) in [4.78, 5) is 13.8. The third-order valence-electron chi connectivity index (χ3n) is 5.09. The molecule has 1 N–H and O–H groups in total. The normalized spacial score (nSPS) is 24.7. The predicted molar refractivity (Wildman–Crippen MR) is 118 cm³/mol. The summed E-state index contributed by atoms with van der Waals surface area (Å²) in [5.74, 6) is -0.283. The van der Waals surface area contributed by atoms with Crippen molar-refractivity contribution in [2.24, 2.45) is 5.92 Å². The second-order valence-corrected chi connectivity index (χ2v) is 8.88. The minimum atomic E-state index is -0.353. The number of hydrogen-bond acceptors (Lipinski definition) is 5. The summed E-state index contributed by atoms with van der Waals surface area (Å²) in [6, 6.07) is 17.5. The van der Waals surface area contributed by atoms with Crippen LogP contribution in [0.15, 0.2) is 71.8 Å². The van der Waals surface area contributed by atoms with Gasteiger partial charge in [-0.1, -0.05) is 61.2 Å². The van der Waals surface area contributed by atoms with E-state index in [-0.39, 0.29) is 35.6 Å². The SMILES string of the molecule is C=C(C)N[C@@H](C)[C@H]1O[C@@H](Sc2ccc(C)cc2)C(OC(=O)c2ccccc2)[C@H]1C. The Morgan fingerprint density at radius 3 is 2.45 bits per heavy atom. The minimum Gasteiger partial charge on any atom is -0.455 e. The number of rotatable bonds is 7. The van der Waals surface area contributed by atoms with Crippen LogP contribution >= 0.6 is 11.8 Å². The highest BCUT2D eigenvalue weighted by Crippen LogP contribution is 2.40. The molecule has 3 rings (SSSR count). The number of benzene rings is 2. The quantitative estimate of drug-likeness (QED) is 0.636. The first kappa shape index (κ1) is 21.5. The van der Waals surface area contributed by atoms with Crippen molar-refractivity contribution in [1.82, 2.24) is 5.32 Å². The lowest BCUT2D eigenvalue weighted by atomic mass is 9.96. The highest BCUT2D eigenvalue weighted by atomic mass is 32.2. The maximum absolute atomic E-state index is 12.7. The average Bonchev–Trinajstić information content (AvgIpc) is 2.99. The molecule has 29 heavy (non-hydrogen) atoms. The molecule has 0 aliphatic carbocycles. The van der Waals surface area contributed by atoms with Gasteiger partial charge in [-0.15, -0.1) is 0 Å². The highest BCUT2D eigenvalue weighted by Gasteiger charge is 2.47.